The lowest BCUT2D eigenvalue weighted by molar-refractivity contribution is -0.0976. The minimum Gasteiger partial charge on any atom is -0.380 e. The van der Waals surface area contributed by atoms with Crippen molar-refractivity contribution in [3.63, 3.8) is 0 Å². The highest BCUT2D eigenvalue weighted by Crippen LogP contribution is 2.44. The molecule has 1 saturated carbocycles. The molecular weight excluding hydrogens is 236 g/mol. The normalized spacial score (nSPS) is 24.4. The van der Waals surface area contributed by atoms with E-state index in [0.29, 0.717) is 17.7 Å². The lowest BCUT2D eigenvalue weighted by atomic mass is 9.64. The van der Waals surface area contributed by atoms with Crippen LogP contribution in [0.2, 0.25) is 0 Å². The number of nitriles is 1. The first-order valence-corrected chi connectivity index (χ1v) is 6.88. The van der Waals surface area contributed by atoms with E-state index < -0.39 is 0 Å². The van der Waals surface area contributed by atoms with Crippen molar-refractivity contribution < 1.29 is 4.74 Å². The molecule has 1 aromatic carbocycles. The van der Waals surface area contributed by atoms with Gasteiger partial charge in [-0.1, -0.05) is 19.9 Å². The van der Waals surface area contributed by atoms with E-state index in [2.05, 4.69) is 25.2 Å². The van der Waals surface area contributed by atoms with Gasteiger partial charge >= 0.3 is 0 Å². The zero-order valence-corrected chi connectivity index (χ0v) is 12.2. The van der Waals surface area contributed by atoms with Crippen molar-refractivity contribution >= 4 is 5.69 Å². The van der Waals surface area contributed by atoms with Gasteiger partial charge in [-0.15, -0.1) is 0 Å². The predicted octanol–water partition coefficient (Wildman–Crippen LogP) is 3.48. The molecule has 2 rings (SSSR count). The summed E-state index contributed by atoms with van der Waals surface area (Å²) in [5, 5.41) is 12.7. The Morgan fingerprint density at radius 3 is 2.79 bits per heavy atom. The van der Waals surface area contributed by atoms with Crippen molar-refractivity contribution in [2.75, 3.05) is 11.9 Å². The van der Waals surface area contributed by atoms with Crippen molar-refractivity contribution in [2.24, 2.45) is 5.41 Å². The molecule has 0 aromatic heterocycles. The van der Waals surface area contributed by atoms with Crippen LogP contribution in [-0.4, -0.2) is 18.8 Å². The van der Waals surface area contributed by atoms with E-state index in [0.717, 1.165) is 18.7 Å². The Bertz CT molecular complexity index is 502. The van der Waals surface area contributed by atoms with E-state index in [1.165, 1.54) is 5.56 Å². The largest absolute Gasteiger partial charge is 0.380 e. The van der Waals surface area contributed by atoms with Crippen molar-refractivity contribution in [1.82, 2.24) is 0 Å². The molecule has 19 heavy (non-hydrogen) atoms. The molecule has 102 valence electrons. The maximum atomic E-state index is 9.16. The molecule has 0 radical (unpaired) electrons. The molecule has 1 aliphatic carbocycles. The van der Waals surface area contributed by atoms with E-state index in [4.69, 9.17) is 10.00 Å². The van der Waals surface area contributed by atoms with Crippen molar-refractivity contribution in [3.05, 3.63) is 29.3 Å². The number of benzene rings is 1. The summed E-state index contributed by atoms with van der Waals surface area (Å²) in [6, 6.07) is 8.50. The maximum absolute atomic E-state index is 9.16. The number of hydrogen-bond donors (Lipinski definition) is 1. The lowest BCUT2D eigenvalue weighted by Gasteiger charge is -2.52. The molecule has 0 amide bonds. The molecule has 0 saturated heterocycles. The van der Waals surface area contributed by atoms with Gasteiger partial charge in [-0.2, -0.15) is 5.26 Å². The zero-order chi connectivity index (χ0) is 14.0. The monoisotopic (exact) mass is 258 g/mol. The van der Waals surface area contributed by atoms with Crippen molar-refractivity contribution in [3.8, 4) is 6.07 Å². The number of ether oxygens (including phenoxy) is 1. The molecular formula is C16H22N2O. The van der Waals surface area contributed by atoms with E-state index in [1.807, 2.05) is 32.0 Å². The summed E-state index contributed by atoms with van der Waals surface area (Å²) < 4.78 is 5.74. The highest BCUT2D eigenvalue weighted by molar-refractivity contribution is 5.59. The minimum absolute atomic E-state index is 0.104. The highest BCUT2D eigenvalue weighted by atomic mass is 16.5. The Balaban J connectivity index is 2.12. The number of hydrogen-bond acceptors (Lipinski definition) is 3. The van der Waals surface area contributed by atoms with Gasteiger partial charge in [0.15, 0.2) is 0 Å². The molecule has 0 spiro atoms. The van der Waals surface area contributed by atoms with E-state index in [1.54, 1.807) is 0 Å². The summed E-state index contributed by atoms with van der Waals surface area (Å²) in [6.07, 6.45) is 1.31. The molecule has 0 heterocycles. The molecule has 1 aromatic rings. The zero-order valence-electron chi connectivity index (χ0n) is 12.2. The molecule has 3 heteroatoms. The van der Waals surface area contributed by atoms with Gasteiger partial charge in [0.2, 0.25) is 0 Å². The first-order valence-electron chi connectivity index (χ1n) is 6.88. The standard InChI is InChI=1S/C16H22N2O/c1-5-19-15-9-14(16(15,3)4)18-13-8-11(2)6-7-12(13)10-17/h6-8,14-15,18H,5,9H2,1-4H3. The molecule has 0 bridgehead atoms. The van der Waals surface area contributed by atoms with Crippen LogP contribution < -0.4 is 5.32 Å². The van der Waals surface area contributed by atoms with Crippen LogP contribution in [0.5, 0.6) is 0 Å². The van der Waals surface area contributed by atoms with Crippen LogP contribution in [0.15, 0.2) is 18.2 Å². The number of nitrogens with zero attached hydrogens (tertiary/aromatic N) is 1. The molecule has 1 fully saturated rings. The van der Waals surface area contributed by atoms with Gasteiger partial charge in [-0.05, 0) is 38.0 Å². The van der Waals surface area contributed by atoms with Crippen LogP contribution in [0.4, 0.5) is 5.69 Å². The van der Waals surface area contributed by atoms with Crippen LogP contribution in [-0.2, 0) is 4.74 Å². The maximum Gasteiger partial charge on any atom is 0.101 e. The van der Waals surface area contributed by atoms with Gasteiger partial charge in [0.05, 0.1) is 17.4 Å². The van der Waals surface area contributed by atoms with Crippen LogP contribution in [0, 0.1) is 23.7 Å². The summed E-state index contributed by atoms with van der Waals surface area (Å²) >= 11 is 0. The van der Waals surface area contributed by atoms with Crippen molar-refractivity contribution in [2.45, 2.75) is 46.3 Å². The highest BCUT2D eigenvalue weighted by Gasteiger charge is 2.48. The van der Waals surface area contributed by atoms with Gasteiger partial charge in [-0.25, -0.2) is 0 Å². The van der Waals surface area contributed by atoms with Gasteiger partial charge < -0.3 is 10.1 Å². The second-order valence-electron chi connectivity index (χ2n) is 5.86. The Labute approximate surface area is 115 Å². The van der Waals surface area contributed by atoms with Crippen LogP contribution in [0.3, 0.4) is 0 Å². The van der Waals surface area contributed by atoms with E-state index in [-0.39, 0.29) is 5.41 Å². The minimum atomic E-state index is 0.104. The SMILES string of the molecule is CCOC1CC(Nc2cc(C)ccc2C#N)C1(C)C. The van der Waals surface area contributed by atoms with Crippen LogP contribution in [0.1, 0.15) is 38.3 Å². The van der Waals surface area contributed by atoms with Gasteiger partial charge in [-0.3, -0.25) is 0 Å². The van der Waals surface area contributed by atoms with Crippen molar-refractivity contribution in [1.29, 1.82) is 5.26 Å². The van der Waals surface area contributed by atoms with E-state index in [9.17, 15) is 0 Å². The van der Waals surface area contributed by atoms with Gasteiger partial charge in [0.25, 0.3) is 0 Å². The topological polar surface area (TPSA) is 45.0 Å². The average molecular weight is 258 g/mol. The molecule has 3 nitrogen and oxygen atoms in total. The number of rotatable bonds is 4. The lowest BCUT2D eigenvalue weighted by Crippen LogP contribution is -2.58. The third kappa shape index (κ3) is 2.59. The van der Waals surface area contributed by atoms with Gasteiger partial charge in [0, 0.05) is 18.1 Å². The fourth-order valence-corrected chi connectivity index (χ4v) is 2.68. The Kier molecular flexibility index (Phi) is 3.82. The van der Waals surface area contributed by atoms with Gasteiger partial charge in [0.1, 0.15) is 6.07 Å². The van der Waals surface area contributed by atoms with Crippen LogP contribution >= 0.6 is 0 Å². The first-order chi connectivity index (χ1) is 8.98. The number of nitrogens with one attached hydrogen (secondary N) is 1. The third-order valence-corrected chi connectivity index (χ3v) is 4.17. The Hall–Kier alpha value is -1.53. The Morgan fingerprint density at radius 1 is 1.47 bits per heavy atom. The summed E-state index contributed by atoms with van der Waals surface area (Å²) in [5.41, 5.74) is 2.92. The quantitative estimate of drug-likeness (QED) is 0.899. The summed E-state index contributed by atoms with van der Waals surface area (Å²) in [5.74, 6) is 0. The molecule has 1 N–H and O–H groups in total. The fourth-order valence-electron chi connectivity index (χ4n) is 2.68. The number of anilines is 1. The third-order valence-electron chi connectivity index (χ3n) is 4.17. The second kappa shape index (κ2) is 5.22. The molecule has 1 aliphatic rings. The first kappa shape index (κ1) is 13.9. The van der Waals surface area contributed by atoms with Crippen LogP contribution in [0.25, 0.3) is 0 Å². The summed E-state index contributed by atoms with van der Waals surface area (Å²) in [6.45, 7) is 9.27. The molecule has 0 aliphatic heterocycles. The molecule has 2 atom stereocenters. The smallest absolute Gasteiger partial charge is 0.101 e. The molecule has 2 unspecified atom stereocenters. The fraction of sp³-hybridized carbons (Fsp3) is 0.562. The second-order valence-corrected chi connectivity index (χ2v) is 5.86. The Morgan fingerprint density at radius 2 is 2.21 bits per heavy atom. The number of aryl methyl sites for hydroxylation is 1. The summed E-state index contributed by atoms with van der Waals surface area (Å²) in [7, 11) is 0. The summed E-state index contributed by atoms with van der Waals surface area (Å²) in [4.78, 5) is 0. The average Bonchev–Trinajstić information content (AvgIpc) is 2.38. The van der Waals surface area contributed by atoms with E-state index >= 15 is 0 Å². The predicted molar refractivity (Wildman–Crippen MR) is 77.1 cm³/mol.